The number of carbonyl (C=O) groups excluding carboxylic acids is 1. The summed E-state index contributed by atoms with van der Waals surface area (Å²) < 4.78 is 4.61. The van der Waals surface area contributed by atoms with Crippen molar-refractivity contribution in [3.63, 3.8) is 0 Å². The van der Waals surface area contributed by atoms with Crippen LogP contribution in [0.4, 0.5) is 0 Å². The van der Waals surface area contributed by atoms with Gasteiger partial charge < -0.3 is 19.9 Å². The average molecular weight is 294 g/mol. The predicted molar refractivity (Wildman–Crippen MR) is 72.8 cm³/mol. The Labute approximate surface area is 118 Å². The molecule has 0 spiro atoms. The highest BCUT2D eigenvalue weighted by atomic mass is 16.5. The molecule has 0 fully saturated rings. The number of aromatic nitrogens is 2. The van der Waals surface area contributed by atoms with Crippen molar-refractivity contribution < 1.29 is 19.7 Å². The van der Waals surface area contributed by atoms with E-state index in [2.05, 4.69) is 9.72 Å². The summed E-state index contributed by atoms with van der Waals surface area (Å²) in [6.07, 6.45) is -3.30. The van der Waals surface area contributed by atoms with E-state index in [1.807, 2.05) is 4.98 Å². The Kier molecular flexibility index (Phi) is 4.20. The molecule has 0 saturated carbocycles. The number of ether oxygens (including phenoxy) is 1. The molecule has 8 heteroatoms. The van der Waals surface area contributed by atoms with E-state index >= 15 is 0 Å². The summed E-state index contributed by atoms with van der Waals surface area (Å²) in [5, 5.41) is 19.8. The van der Waals surface area contributed by atoms with Crippen molar-refractivity contribution in [3.8, 4) is 0 Å². The number of hydrogen-bond acceptors (Lipinski definition) is 6. The number of rotatable bonds is 4. The van der Waals surface area contributed by atoms with Crippen LogP contribution < -0.4 is 11.2 Å². The first-order chi connectivity index (χ1) is 9.93. The van der Waals surface area contributed by atoms with E-state index in [9.17, 15) is 24.6 Å². The van der Waals surface area contributed by atoms with E-state index in [4.69, 9.17) is 0 Å². The van der Waals surface area contributed by atoms with Gasteiger partial charge in [0.05, 0.1) is 17.5 Å². The van der Waals surface area contributed by atoms with Crippen LogP contribution in [0.15, 0.2) is 27.8 Å². The van der Waals surface area contributed by atoms with E-state index in [-0.39, 0.29) is 23.1 Å². The summed E-state index contributed by atoms with van der Waals surface area (Å²) in [4.78, 5) is 38.7. The summed E-state index contributed by atoms with van der Waals surface area (Å²) in [5.41, 5.74) is -0.841. The molecule has 8 nitrogen and oxygen atoms in total. The number of hydrogen-bond donors (Lipinski definition) is 4. The Bertz CT molecular complexity index is 778. The number of nitrogens with one attached hydrogen (secondary N) is 2. The highest BCUT2D eigenvalue weighted by Crippen LogP contribution is 2.20. The molecule has 0 radical (unpaired) electrons. The highest BCUT2D eigenvalue weighted by Gasteiger charge is 2.27. The Morgan fingerprint density at radius 2 is 2.00 bits per heavy atom. The normalized spacial score (nSPS) is 13.9. The summed E-state index contributed by atoms with van der Waals surface area (Å²) in [6.45, 7) is 1.64. The molecule has 2 aromatic rings. The van der Waals surface area contributed by atoms with Crippen LogP contribution in [-0.2, 0) is 9.53 Å². The zero-order valence-corrected chi connectivity index (χ0v) is 11.1. The molecule has 1 heterocycles. The van der Waals surface area contributed by atoms with Gasteiger partial charge in [0.2, 0.25) is 0 Å². The molecule has 4 N–H and O–H groups in total. The number of esters is 1. The fraction of sp³-hybridized carbons (Fsp3) is 0.308. The van der Waals surface area contributed by atoms with Gasteiger partial charge in [-0.3, -0.25) is 9.78 Å². The van der Waals surface area contributed by atoms with Crippen molar-refractivity contribution in [2.75, 3.05) is 6.61 Å². The molecule has 0 amide bonds. The molecule has 0 aliphatic rings. The van der Waals surface area contributed by atoms with Crippen LogP contribution in [0.25, 0.3) is 10.9 Å². The molecular formula is C13H14N2O6. The van der Waals surface area contributed by atoms with Gasteiger partial charge in [-0.05, 0) is 24.6 Å². The van der Waals surface area contributed by atoms with Crippen molar-refractivity contribution >= 4 is 16.9 Å². The van der Waals surface area contributed by atoms with E-state index in [1.54, 1.807) is 6.92 Å². The van der Waals surface area contributed by atoms with Crippen LogP contribution in [0.5, 0.6) is 0 Å². The third-order valence-corrected chi connectivity index (χ3v) is 2.93. The standard InChI is InChI=1S/C13H14N2O6/c1-2-21-12(19)10(17)9(16)6-3-4-8-7(5-6)11(18)15-13(20)14-8/h3-5,9-10,16-17H,2H2,1H3,(H2,14,15,18,20). The van der Waals surface area contributed by atoms with Crippen molar-refractivity contribution in [2.24, 2.45) is 0 Å². The first-order valence-corrected chi connectivity index (χ1v) is 6.23. The number of aliphatic hydroxyl groups excluding tert-OH is 2. The quantitative estimate of drug-likeness (QED) is 0.544. The van der Waals surface area contributed by atoms with E-state index in [1.165, 1.54) is 18.2 Å². The minimum Gasteiger partial charge on any atom is -0.464 e. The number of fused-ring (bicyclic) bond motifs is 1. The first-order valence-electron chi connectivity index (χ1n) is 6.23. The lowest BCUT2D eigenvalue weighted by molar-refractivity contribution is -0.159. The third kappa shape index (κ3) is 3.01. The summed E-state index contributed by atoms with van der Waals surface area (Å²) in [5.74, 6) is -0.958. The maximum atomic E-state index is 11.7. The number of H-pyrrole nitrogens is 2. The largest absolute Gasteiger partial charge is 0.464 e. The number of aliphatic hydroxyl groups is 2. The Morgan fingerprint density at radius 1 is 1.29 bits per heavy atom. The Morgan fingerprint density at radius 3 is 2.67 bits per heavy atom. The summed E-state index contributed by atoms with van der Waals surface area (Å²) in [7, 11) is 0. The van der Waals surface area contributed by atoms with Crippen molar-refractivity contribution in [2.45, 2.75) is 19.1 Å². The molecule has 2 rings (SSSR count). The summed E-state index contributed by atoms with van der Waals surface area (Å²) >= 11 is 0. The fourth-order valence-electron chi connectivity index (χ4n) is 1.91. The van der Waals surface area contributed by atoms with Crippen molar-refractivity contribution in [1.82, 2.24) is 9.97 Å². The second-order valence-corrected chi connectivity index (χ2v) is 4.35. The third-order valence-electron chi connectivity index (χ3n) is 2.93. The lowest BCUT2D eigenvalue weighted by Crippen LogP contribution is -2.30. The second-order valence-electron chi connectivity index (χ2n) is 4.35. The zero-order chi connectivity index (χ0) is 15.6. The maximum Gasteiger partial charge on any atom is 0.338 e. The average Bonchev–Trinajstić information content (AvgIpc) is 2.45. The molecule has 21 heavy (non-hydrogen) atoms. The van der Waals surface area contributed by atoms with Gasteiger partial charge in [0.15, 0.2) is 6.10 Å². The monoisotopic (exact) mass is 294 g/mol. The van der Waals surface area contributed by atoms with Crippen LogP contribution in [0, 0.1) is 0 Å². The Balaban J connectivity index is 2.41. The van der Waals surface area contributed by atoms with Gasteiger partial charge in [0.25, 0.3) is 5.56 Å². The zero-order valence-electron chi connectivity index (χ0n) is 11.1. The van der Waals surface area contributed by atoms with Crippen LogP contribution in [0.3, 0.4) is 0 Å². The SMILES string of the molecule is CCOC(=O)C(O)C(O)c1ccc2[nH]c(=O)[nH]c(=O)c2c1. The van der Waals surface area contributed by atoms with Crippen molar-refractivity contribution in [1.29, 1.82) is 0 Å². The van der Waals surface area contributed by atoms with Crippen LogP contribution in [0.1, 0.15) is 18.6 Å². The van der Waals surface area contributed by atoms with Gasteiger partial charge in [-0.2, -0.15) is 0 Å². The van der Waals surface area contributed by atoms with E-state index < -0.39 is 29.4 Å². The molecule has 1 aromatic heterocycles. The van der Waals surface area contributed by atoms with Crippen LogP contribution in [0.2, 0.25) is 0 Å². The van der Waals surface area contributed by atoms with E-state index in [0.717, 1.165) is 0 Å². The van der Waals surface area contributed by atoms with Gasteiger partial charge in [0.1, 0.15) is 6.10 Å². The van der Waals surface area contributed by atoms with Gasteiger partial charge >= 0.3 is 11.7 Å². The molecule has 0 saturated heterocycles. The smallest absolute Gasteiger partial charge is 0.338 e. The summed E-state index contributed by atoms with van der Waals surface area (Å²) in [6, 6.07) is 4.09. The molecule has 0 aliphatic heterocycles. The molecule has 0 aliphatic carbocycles. The Hall–Kier alpha value is -2.45. The molecular weight excluding hydrogens is 280 g/mol. The lowest BCUT2D eigenvalue weighted by atomic mass is 10.0. The van der Waals surface area contributed by atoms with Crippen LogP contribution in [-0.4, -0.2) is 38.9 Å². The lowest BCUT2D eigenvalue weighted by Gasteiger charge is -2.16. The molecule has 0 bridgehead atoms. The topological polar surface area (TPSA) is 132 Å². The van der Waals surface area contributed by atoms with Gasteiger partial charge in [-0.15, -0.1) is 0 Å². The van der Waals surface area contributed by atoms with Crippen LogP contribution >= 0.6 is 0 Å². The number of aromatic amines is 2. The maximum absolute atomic E-state index is 11.7. The van der Waals surface area contributed by atoms with Crippen molar-refractivity contribution in [3.05, 3.63) is 44.6 Å². The van der Waals surface area contributed by atoms with Gasteiger partial charge in [-0.1, -0.05) is 6.07 Å². The fourth-order valence-corrected chi connectivity index (χ4v) is 1.91. The molecule has 112 valence electrons. The molecule has 1 aromatic carbocycles. The molecule has 2 unspecified atom stereocenters. The number of benzene rings is 1. The second kappa shape index (κ2) is 5.90. The predicted octanol–water partition coefficient (Wildman–Crippen LogP) is -0.826. The number of carbonyl (C=O) groups is 1. The van der Waals surface area contributed by atoms with E-state index in [0.29, 0.717) is 0 Å². The van der Waals surface area contributed by atoms with Gasteiger partial charge in [-0.25, -0.2) is 9.59 Å². The minimum absolute atomic E-state index is 0.0707. The molecule has 2 atom stereocenters. The minimum atomic E-state index is -1.76. The highest BCUT2D eigenvalue weighted by molar-refractivity contribution is 5.79. The first kappa shape index (κ1) is 14.9. The van der Waals surface area contributed by atoms with Gasteiger partial charge in [0, 0.05) is 0 Å².